The van der Waals surface area contributed by atoms with Gasteiger partial charge in [0.1, 0.15) is 17.5 Å². The third kappa shape index (κ3) is 4.04. The normalized spacial score (nSPS) is 15.7. The van der Waals surface area contributed by atoms with Crippen molar-refractivity contribution >= 4 is 35.1 Å². The van der Waals surface area contributed by atoms with Crippen LogP contribution in [0.15, 0.2) is 52.4 Å². The van der Waals surface area contributed by atoms with Crippen molar-refractivity contribution in [3.8, 4) is 0 Å². The van der Waals surface area contributed by atoms with Crippen molar-refractivity contribution in [3.05, 3.63) is 86.2 Å². The number of anilines is 1. The lowest BCUT2D eigenvalue weighted by molar-refractivity contribution is -0.116. The maximum absolute atomic E-state index is 14.3. The molecule has 0 spiro atoms. The number of carbonyl (C=O) groups is 1. The number of amides is 1. The molecule has 5 nitrogen and oxygen atoms in total. The monoisotopic (exact) mass is 433 g/mol. The molecule has 2 N–H and O–H groups in total. The Labute approximate surface area is 173 Å². The second kappa shape index (κ2) is 7.96. The van der Waals surface area contributed by atoms with Gasteiger partial charge in [-0.1, -0.05) is 47.6 Å². The van der Waals surface area contributed by atoms with Crippen LogP contribution >= 0.6 is 23.4 Å². The number of fused-ring (bicyclic) bond motifs is 1. The zero-order chi connectivity index (χ0) is 20.5. The number of H-pyrrole nitrogens is 1. The van der Waals surface area contributed by atoms with E-state index in [1.165, 1.54) is 17.8 Å². The molecule has 0 fully saturated rings. The minimum atomic E-state index is -0.849. The lowest BCUT2D eigenvalue weighted by Gasteiger charge is -2.24. The average Bonchev–Trinajstić information content (AvgIpc) is 2.66. The SMILES string of the molecule is O=C1C[C@H](c2ccc(F)cc2F)c2c(nc(SCc3ccccc3Cl)[nH]c2=O)N1. The Morgan fingerprint density at radius 2 is 1.97 bits per heavy atom. The van der Waals surface area contributed by atoms with Gasteiger partial charge in [-0.25, -0.2) is 13.8 Å². The van der Waals surface area contributed by atoms with Gasteiger partial charge in [0.15, 0.2) is 5.16 Å². The summed E-state index contributed by atoms with van der Waals surface area (Å²) in [4.78, 5) is 31.9. The van der Waals surface area contributed by atoms with Gasteiger partial charge >= 0.3 is 0 Å². The fraction of sp³-hybridized carbons (Fsp3) is 0.150. The molecule has 29 heavy (non-hydrogen) atoms. The van der Waals surface area contributed by atoms with Gasteiger partial charge in [-0.3, -0.25) is 9.59 Å². The second-order valence-electron chi connectivity index (χ2n) is 6.48. The van der Waals surface area contributed by atoms with E-state index in [0.717, 1.165) is 17.7 Å². The van der Waals surface area contributed by atoms with E-state index in [9.17, 15) is 18.4 Å². The Morgan fingerprint density at radius 1 is 1.17 bits per heavy atom. The molecule has 2 aromatic carbocycles. The van der Waals surface area contributed by atoms with E-state index in [1.807, 2.05) is 18.2 Å². The van der Waals surface area contributed by atoms with Crippen LogP contribution < -0.4 is 10.9 Å². The highest BCUT2D eigenvalue weighted by atomic mass is 35.5. The third-order valence-corrected chi connectivity index (χ3v) is 5.88. The van der Waals surface area contributed by atoms with Crippen molar-refractivity contribution in [2.45, 2.75) is 23.2 Å². The minimum Gasteiger partial charge on any atom is -0.310 e. The molecule has 148 valence electrons. The van der Waals surface area contributed by atoms with Gasteiger partial charge in [-0.05, 0) is 23.3 Å². The predicted octanol–water partition coefficient (Wildman–Crippen LogP) is 4.47. The fourth-order valence-corrected chi connectivity index (χ4v) is 4.38. The molecule has 1 aliphatic rings. The summed E-state index contributed by atoms with van der Waals surface area (Å²) < 4.78 is 27.6. The lowest BCUT2D eigenvalue weighted by Crippen LogP contribution is -2.31. The van der Waals surface area contributed by atoms with Crippen molar-refractivity contribution in [2.24, 2.45) is 0 Å². The molecule has 0 saturated carbocycles. The van der Waals surface area contributed by atoms with Crippen molar-refractivity contribution in [1.29, 1.82) is 0 Å². The number of rotatable bonds is 4. The molecule has 4 rings (SSSR count). The fourth-order valence-electron chi connectivity index (χ4n) is 3.23. The summed E-state index contributed by atoms with van der Waals surface area (Å²) >= 11 is 7.40. The first-order valence-electron chi connectivity index (χ1n) is 8.67. The van der Waals surface area contributed by atoms with E-state index in [4.69, 9.17) is 11.6 Å². The van der Waals surface area contributed by atoms with Gasteiger partial charge in [0.05, 0.1) is 5.56 Å². The van der Waals surface area contributed by atoms with Crippen LogP contribution in [0.3, 0.4) is 0 Å². The van der Waals surface area contributed by atoms with E-state index in [0.29, 0.717) is 15.9 Å². The highest BCUT2D eigenvalue weighted by Crippen LogP contribution is 2.36. The minimum absolute atomic E-state index is 0.0753. The highest BCUT2D eigenvalue weighted by molar-refractivity contribution is 7.98. The number of hydrogen-bond acceptors (Lipinski definition) is 4. The summed E-state index contributed by atoms with van der Waals surface area (Å²) in [6, 6.07) is 10.4. The smallest absolute Gasteiger partial charge is 0.257 e. The molecule has 1 aromatic heterocycles. The maximum Gasteiger partial charge on any atom is 0.257 e. The number of nitrogens with one attached hydrogen (secondary N) is 2. The predicted molar refractivity (Wildman–Crippen MR) is 107 cm³/mol. The number of halogens is 3. The molecule has 1 amide bonds. The van der Waals surface area contributed by atoms with Crippen LogP contribution in [-0.4, -0.2) is 15.9 Å². The second-order valence-corrected chi connectivity index (χ2v) is 7.86. The first-order valence-corrected chi connectivity index (χ1v) is 10.0. The molecule has 9 heteroatoms. The number of nitrogens with zero attached hydrogens (tertiary/aromatic N) is 1. The van der Waals surface area contributed by atoms with Crippen LogP contribution in [0.25, 0.3) is 0 Å². The number of carbonyl (C=O) groups excluding carboxylic acids is 1. The molecule has 1 aliphatic heterocycles. The number of hydrogen-bond donors (Lipinski definition) is 2. The maximum atomic E-state index is 14.3. The Hall–Kier alpha value is -2.71. The van der Waals surface area contributed by atoms with E-state index < -0.39 is 29.0 Å². The van der Waals surface area contributed by atoms with Gasteiger partial charge in [-0.15, -0.1) is 0 Å². The van der Waals surface area contributed by atoms with Crippen LogP contribution in [0.2, 0.25) is 5.02 Å². The summed E-state index contributed by atoms with van der Waals surface area (Å²) in [7, 11) is 0. The molecule has 0 bridgehead atoms. The van der Waals surface area contributed by atoms with E-state index in [-0.39, 0.29) is 23.4 Å². The van der Waals surface area contributed by atoms with Gasteiger partial charge in [-0.2, -0.15) is 0 Å². The molecule has 0 unspecified atom stereocenters. The van der Waals surface area contributed by atoms with Crippen LogP contribution in [0.5, 0.6) is 0 Å². The molecular weight excluding hydrogens is 420 g/mol. The molecule has 0 aliphatic carbocycles. The molecule has 0 saturated heterocycles. The van der Waals surface area contributed by atoms with Crippen LogP contribution in [0.4, 0.5) is 14.6 Å². The summed E-state index contributed by atoms with van der Waals surface area (Å²) in [5, 5.41) is 3.47. The van der Waals surface area contributed by atoms with Crippen molar-refractivity contribution in [3.63, 3.8) is 0 Å². The largest absolute Gasteiger partial charge is 0.310 e. The quantitative estimate of drug-likeness (QED) is 0.470. The standard InChI is InChI=1S/C20H14ClF2N3O2S/c21-14-4-2-1-3-10(14)9-29-20-25-18-17(19(28)26-20)13(8-16(27)24-18)12-6-5-11(22)7-15(12)23/h1-7,13H,8-9H2,(H2,24,25,26,27,28)/t13-/m1/s1. The van der Waals surface area contributed by atoms with Gasteiger partial charge < -0.3 is 10.3 Å². The van der Waals surface area contributed by atoms with Crippen molar-refractivity contribution in [2.75, 3.05) is 5.32 Å². The van der Waals surface area contributed by atoms with Gasteiger partial charge in [0.2, 0.25) is 5.91 Å². The molecule has 1 atom stereocenters. The molecular formula is C20H14ClF2N3O2S. The van der Waals surface area contributed by atoms with E-state index >= 15 is 0 Å². The molecule has 0 radical (unpaired) electrons. The summed E-state index contributed by atoms with van der Waals surface area (Å²) in [5.74, 6) is -2.24. The van der Waals surface area contributed by atoms with Crippen LogP contribution in [-0.2, 0) is 10.5 Å². The first kappa shape index (κ1) is 19.6. The summed E-state index contributed by atoms with van der Waals surface area (Å²) in [5.41, 5.74) is 0.615. The molecule has 3 aromatic rings. The summed E-state index contributed by atoms with van der Waals surface area (Å²) in [6.07, 6.45) is -0.133. The highest BCUT2D eigenvalue weighted by Gasteiger charge is 2.32. The van der Waals surface area contributed by atoms with Crippen molar-refractivity contribution < 1.29 is 13.6 Å². The van der Waals surface area contributed by atoms with Gasteiger partial charge in [0, 0.05) is 29.2 Å². The number of benzene rings is 2. The van der Waals surface area contributed by atoms with Crippen LogP contribution in [0, 0.1) is 11.6 Å². The Balaban J connectivity index is 1.69. The first-order chi connectivity index (χ1) is 13.9. The third-order valence-electron chi connectivity index (χ3n) is 4.59. The summed E-state index contributed by atoms with van der Waals surface area (Å²) in [6.45, 7) is 0. The van der Waals surface area contributed by atoms with Crippen molar-refractivity contribution in [1.82, 2.24) is 9.97 Å². The zero-order valence-corrected chi connectivity index (χ0v) is 16.4. The molecule has 2 heterocycles. The number of thioether (sulfide) groups is 1. The Bertz CT molecular complexity index is 1170. The Kier molecular flexibility index (Phi) is 5.38. The van der Waals surface area contributed by atoms with Crippen LogP contribution in [0.1, 0.15) is 29.0 Å². The number of aromatic amines is 1. The van der Waals surface area contributed by atoms with Gasteiger partial charge in [0.25, 0.3) is 5.56 Å². The topological polar surface area (TPSA) is 74.8 Å². The van der Waals surface area contributed by atoms with E-state index in [1.54, 1.807) is 6.07 Å². The average molecular weight is 434 g/mol. The zero-order valence-electron chi connectivity index (χ0n) is 14.8. The Morgan fingerprint density at radius 3 is 2.72 bits per heavy atom. The lowest BCUT2D eigenvalue weighted by atomic mass is 9.86. The van der Waals surface area contributed by atoms with E-state index in [2.05, 4.69) is 15.3 Å². The number of aromatic nitrogens is 2.